The van der Waals surface area contributed by atoms with Crippen LogP contribution in [0, 0.1) is 6.92 Å². The smallest absolute Gasteiger partial charge is 0.120 e. The third-order valence-corrected chi connectivity index (χ3v) is 4.01. The lowest BCUT2D eigenvalue weighted by molar-refractivity contribution is 0.635. The molecule has 1 atom stereocenters. The van der Waals surface area contributed by atoms with Crippen LogP contribution in [-0.2, 0) is 5.75 Å². The van der Waals surface area contributed by atoms with Crippen molar-refractivity contribution >= 4 is 23.7 Å². The largest absolute Gasteiger partial charge is 0.320 e. The van der Waals surface area contributed by atoms with Crippen LogP contribution in [0.3, 0.4) is 0 Å². The van der Waals surface area contributed by atoms with Crippen LogP contribution in [0.1, 0.15) is 29.9 Å². The lowest BCUT2D eigenvalue weighted by Gasteiger charge is -2.17. The predicted octanol–water partition coefficient (Wildman–Crippen LogP) is 4.38. The molecule has 3 heteroatoms. The fourth-order valence-corrected chi connectivity index (χ4v) is 2.91. The van der Waals surface area contributed by atoms with E-state index in [1.807, 2.05) is 6.07 Å². The summed E-state index contributed by atoms with van der Waals surface area (Å²) in [5.74, 6) is 1.66. The van der Waals surface area contributed by atoms with Crippen molar-refractivity contribution in [2.45, 2.75) is 25.6 Å². The van der Waals surface area contributed by atoms with Gasteiger partial charge in [-0.15, -0.1) is 0 Å². The van der Waals surface area contributed by atoms with Crippen molar-refractivity contribution in [1.82, 2.24) is 9.55 Å². The standard InChI is InChI=1S/C17H18N2S/c1-12-8-9-16-15(10-12)18-17(11-20)19(16)13(2)14-6-4-3-5-7-14/h3-10,13,20H,11H2,1-2H3. The Morgan fingerprint density at radius 2 is 1.90 bits per heavy atom. The summed E-state index contributed by atoms with van der Waals surface area (Å²) in [6, 6.07) is 17.2. The van der Waals surface area contributed by atoms with E-state index in [1.165, 1.54) is 16.6 Å². The molecule has 3 aromatic rings. The summed E-state index contributed by atoms with van der Waals surface area (Å²) in [7, 11) is 0. The first-order chi connectivity index (χ1) is 9.70. The second-order valence-electron chi connectivity index (χ2n) is 5.13. The quantitative estimate of drug-likeness (QED) is 0.706. The van der Waals surface area contributed by atoms with Gasteiger partial charge in [0.1, 0.15) is 5.82 Å². The summed E-state index contributed by atoms with van der Waals surface area (Å²) >= 11 is 4.44. The third kappa shape index (κ3) is 2.22. The van der Waals surface area contributed by atoms with Gasteiger partial charge in [0.15, 0.2) is 0 Å². The van der Waals surface area contributed by atoms with Gasteiger partial charge in [-0.05, 0) is 37.1 Å². The average Bonchev–Trinajstić information content (AvgIpc) is 2.84. The Labute approximate surface area is 124 Å². The van der Waals surface area contributed by atoms with Gasteiger partial charge in [-0.1, -0.05) is 36.4 Å². The van der Waals surface area contributed by atoms with Crippen LogP contribution in [0.2, 0.25) is 0 Å². The zero-order valence-electron chi connectivity index (χ0n) is 11.7. The fourth-order valence-electron chi connectivity index (χ4n) is 2.68. The highest BCUT2D eigenvalue weighted by molar-refractivity contribution is 7.79. The summed E-state index contributed by atoms with van der Waals surface area (Å²) in [6.07, 6.45) is 0. The molecule has 0 spiro atoms. The second-order valence-corrected chi connectivity index (χ2v) is 5.45. The van der Waals surface area contributed by atoms with Crippen LogP contribution in [-0.4, -0.2) is 9.55 Å². The highest BCUT2D eigenvalue weighted by Gasteiger charge is 2.16. The van der Waals surface area contributed by atoms with Crippen molar-refractivity contribution in [2.24, 2.45) is 0 Å². The fraction of sp³-hybridized carbons (Fsp3) is 0.235. The molecule has 20 heavy (non-hydrogen) atoms. The Kier molecular flexibility index (Phi) is 3.53. The normalized spacial score (nSPS) is 12.8. The minimum absolute atomic E-state index is 0.256. The number of aryl methyl sites for hydroxylation is 1. The monoisotopic (exact) mass is 282 g/mol. The van der Waals surface area contributed by atoms with Crippen LogP contribution in [0.25, 0.3) is 11.0 Å². The highest BCUT2D eigenvalue weighted by atomic mass is 32.1. The van der Waals surface area contributed by atoms with Crippen molar-refractivity contribution < 1.29 is 0 Å². The molecule has 1 heterocycles. The van der Waals surface area contributed by atoms with E-state index in [0.29, 0.717) is 5.75 Å². The molecule has 0 N–H and O–H groups in total. The van der Waals surface area contributed by atoms with Crippen LogP contribution in [0.15, 0.2) is 48.5 Å². The molecule has 1 unspecified atom stereocenters. The molecule has 2 aromatic carbocycles. The predicted molar refractivity (Wildman–Crippen MR) is 87.4 cm³/mol. The van der Waals surface area contributed by atoms with E-state index < -0.39 is 0 Å². The van der Waals surface area contributed by atoms with E-state index in [4.69, 9.17) is 4.98 Å². The Bertz CT molecular complexity index is 731. The third-order valence-electron chi connectivity index (χ3n) is 3.73. The number of hydrogen-bond acceptors (Lipinski definition) is 2. The molecule has 0 amide bonds. The van der Waals surface area contributed by atoms with Gasteiger partial charge >= 0.3 is 0 Å². The number of aromatic nitrogens is 2. The molecule has 0 aliphatic rings. The number of hydrogen-bond donors (Lipinski definition) is 1. The van der Waals surface area contributed by atoms with Crippen molar-refractivity contribution in [3.8, 4) is 0 Å². The molecule has 0 saturated heterocycles. The number of rotatable bonds is 3. The van der Waals surface area contributed by atoms with E-state index in [0.717, 1.165) is 11.3 Å². The van der Waals surface area contributed by atoms with E-state index in [1.54, 1.807) is 0 Å². The van der Waals surface area contributed by atoms with Gasteiger partial charge in [-0.2, -0.15) is 12.6 Å². The second kappa shape index (κ2) is 5.33. The zero-order valence-corrected chi connectivity index (χ0v) is 12.6. The van der Waals surface area contributed by atoms with Gasteiger partial charge in [0, 0.05) is 5.75 Å². The molecule has 0 aliphatic heterocycles. The molecule has 102 valence electrons. The molecule has 3 rings (SSSR count). The Morgan fingerprint density at radius 3 is 2.60 bits per heavy atom. The summed E-state index contributed by atoms with van der Waals surface area (Å²) in [6.45, 7) is 4.31. The van der Waals surface area contributed by atoms with E-state index in [2.05, 4.69) is 73.5 Å². The first-order valence-corrected chi connectivity index (χ1v) is 7.47. The molecule has 0 aliphatic carbocycles. The minimum atomic E-state index is 0.256. The van der Waals surface area contributed by atoms with Crippen LogP contribution >= 0.6 is 12.6 Å². The molecule has 0 saturated carbocycles. The van der Waals surface area contributed by atoms with Crippen molar-refractivity contribution in [2.75, 3.05) is 0 Å². The van der Waals surface area contributed by atoms with Crippen LogP contribution in [0.4, 0.5) is 0 Å². The van der Waals surface area contributed by atoms with Crippen molar-refractivity contribution in [3.63, 3.8) is 0 Å². The van der Waals surface area contributed by atoms with Gasteiger partial charge in [0.2, 0.25) is 0 Å². The number of fused-ring (bicyclic) bond motifs is 1. The molecule has 2 nitrogen and oxygen atoms in total. The topological polar surface area (TPSA) is 17.8 Å². The maximum absolute atomic E-state index is 4.73. The average molecular weight is 282 g/mol. The number of imidazole rings is 1. The summed E-state index contributed by atoms with van der Waals surface area (Å²) in [4.78, 5) is 4.73. The summed E-state index contributed by atoms with van der Waals surface area (Å²) in [5.41, 5.74) is 4.75. The first-order valence-electron chi connectivity index (χ1n) is 6.84. The Morgan fingerprint density at radius 1 is 1.15 bits per heavy atom. The maximum atomic E-state index is 4.73. The highest BCUT2D eigenvalue weighted by Crippen LogP contribution is 2.27. The number of nitrogens with zero attached hydrogens (tertiary/aromatic N) is 2. The Hall–Kier alpha value is -1.74. The molecule has 0 bridgehead atoms. The van der Waals surface area contributed by atoms with E-state index in [-0.39, 0.29) is 6.04 Å². The van der Waals surface area contributed by atoms with Crippen molar-refractivity contribution in [3.05, 3.63) is 65.5 Å². The Balaban J connectivity index is 2.19. The maximum Gasteiger partial charge on any atom is 0.120 e. The molecule has 0 fully saturated rings. The van der Waals surface area contributed by atoms with Crippen LogP contribution < -0.4 is 0 Å². The molecular weight excluding hydrogens is 264 g/mol. The molecule has 0 radical (unpaired) electrons. The summed E-state index contributed by atoms with van der Waals surface area (Å²) < 4.78 is 2.29. The van der Waals surface area contributed by atoms with Gasteiger partial charge in [0.25, 0.3) is 0 Å². The zero-order chi connectivity index (χ0) is 14.1. The van der Waals surface area contributed by atoms with Gasteiger partial charge in [-0.3, -0.25) is 0 Å². The minimum Gasteiger partial charge on any atom is -0.320 e. The van der Waals surface area contributed by atoms with Gasteiger partial charge in [-0.25, -0.2) is 4.98 Å². The lowest BCUT2D eigenvalue weighted by Crippen LogP contribution is -2.09. The van der Waals surface area contributed by atoms with Crippen LogP contribution in [0.5, 0.6) is 0 Å². The van der Waals surface area contributed by atoms with Gasteiger partial charge < -0.3 is 4.57 Å². The molecular formula is C17H18N2S. The number of thiol groups is 1. The first kappa shape index (κ1) is 13.3. The molecule has 1 aromatic heterocycles. The SMILES string of the molecule is Cc1ccc2c(c1)nc(CS)n2C(C)c1ccccc1. The summed E-state index contributed by atoms with van der Waals surface area (Å²) in [5, 5.41) is 0. The van der Waals surface area contributed by atoms with Crippen molar-refractivity contribution in [1.29, 1.82) is 0 Å². The number of benzene rings is 2. The van der Waals surface area contributed by atoms with Gasteiger partial charge in [0.05, 0.1) is 17.1 Å². The van der Waals surface area contributed by atoms with E-state index in [9.17, 15) is 0 Å². The van der Waals surface area contributed by atoms with E-state index >= 15 is 0 Å². The lowest BCUT2D eigenvalue weighted by atomic mass is 10.1.